The third-order valence-electron chi connectivity index (χ3n) is 5.86. The highest BCUT2D eigenvalue weighted by molar-refractivity contribution is 5.99. The van der Waals surface area contributed by atoms with E-state index in [0.29, 0.717) is 17.2 Å². The molecule has 0 saturated heterocycles. The minimum absolute atomic E-state index is 0.0362. The van der Waals surface area contributed by atoms with Gasteiger partial charge in [0.2, 0.25) is 0 Å². The van der Waals surface area contributed by atoms with Gasteiger partial charge in [-0.25, -0.2) is 9.18 Å². The second-order valence-corrected chi connectivity index (χ2v) is 7.67. The summed E-state index contributed by atoms with van der Waals surface area (Å²) >= 11 is 0. The summed E-state index contributed by atoms with van der Waals surface area (Å²) in [6.07, 6.45) is 0. The maximum absolute atomic E-state index is 15.2. The fourth-order valence-corrected chi connectivity index (χ4v) is 4.45. The van der Waals surface area contributed by atoms with Crippen LogP contribution < -0.4 is 0 Å². The van der Waals surface area contributed by atoms with Gasteiger partial charge in [0, 0.05) is 17.0 Å². The van der Waals surface area contributed by atoms with Gasteiger partial charge in [-0.2, -0.15) is 8.78 Å². The Balaban J connectivity index is 2.02. The number of ketones is 1. The molecule has 1 atom stereocenters. The molecule has 0 aliphatic heterocycles. The van der Waals surface area contributed by atoms with Gasteiger partial charge in [0.05, 0.1) is 5.34 Å². The average molecular weight is 461 g/mol. The molecule has 0 bridgehead atoms. The number of fused-ring (bicyclic) bond motifs is 3. The Hall–Kier alpha value is -3.59. The third kappa shape index (κ3) is 3.14. The first-order chi connectivity index (χ1) is 15.5. The first kappa shape index (κ1) is 22.6. The maximum Gasteiger partial charge on any atom is 0.382 e. The van der Waals surface area contributed by atoms with Crippen LogP contribution >= 0.6 is 0 Å². The molecule has 3 aromatic carbocycles. The lowest BCUT2D eigenvalue weighted by atomic mass is 9.81. The van der Waals surface area contributed by atoms with E-state index in [1.807, 2.05) is 12.1 Å². The number of rotatable bonds is 6. The predicted molar refractivity (Wildman–Crippen MR) is 109 cm³/mol. The molecule has 0 heterocycles. The van der Waals surface area contributed by atoms with Gasteiger partial charge >= 0.3 is 17.7 Å². The number of nitrogens with zero attached hydrogens (tertiary/aromatic N) is 1. The number of halogens is 5. The van der Waals surface area contributed by atoms with Gasteiger partial charge in [-0.05, 0) is 34.7 Å². The van der Waals surface area contributed by atoms with Crippen molar-refractivity contribution in [1.82, 2.24) is 5.34 Å². The summed E-state index contributed by atoms with van der Waals surface area (Å²) in [5.41, 5.74) is 0.869. The summed E-state index contributed by atoms with van der Waals surface area (Å²) in [6.45, 7) is 0.939. The molecule has 33 heavy (non-hydrogen) atoms. The second kappa shape index (κ2) is 7.77. The molecule has 1 aliphatic carbocycles. The Morgan fingerprint density at radius 1 is 0.818 bits per heavy atom. The van der Waals surface area contributed by atoms with Gasteiger partial charge in [0.15, 0.2) is 5.78 Å². The van der Waals surface area contributed by atoms with Crippen LogP contribution in [0, 0.1) is 0 Å². The number of carboxylic acid groups (broad SMARTS) is 1. The number of hydrogen-bond donors (Lipinski definition) is 1. The largest absolute Gasteiger partial charge is 0.478 e. The zero-order chi connectivity index (χ0) is 24.1. The normalized spacial score (nSPS) is 15.1. The number of aliphatic carboxylic acids is 1. The van der Waals surface area contributed by atoms with Gasteiger partial charge in [-0.3, -0.25) is 4.79 Å². The highest BCUT2D eigenvalue weighted by Gasteiger charge is 2.69. The summed E-state index contributed by atoms with van der Waals surface area (Å²) < 4.78 is 71.3. The van der Waals surface area contributed by atoms with E-state index in [1.165, 1.54) is 6.07 Å². The Labute approximate surface area is 184 Å². The van der Waals surface area contributed by atoms with E-state index in [-0.39, 0.29) is 5.56 Å². The topological polar surface area (TPSA) is 57.6 Å². The van der Waals surface area contributed by atoms with Crippen molar-refractivity contribution in [2.24, 2.45) is 0 Å². The van der Waals surface area contributed by atoms with Crippen molar-refractivity contribution in [1.29, 1.82) is 0 Å². The van der Waals surface area contributed by atoms with Crippen LogP contribution in [-0.2, 0) is 10.7 Å². The van der Waals surface area contributed by atoms with Gasteiger partial charge in [-0.15, -0.1) is 0 Å². The number of Topliss-reactive ketones (excluding diaryl/α,β-unsaturated/α-hetero) is 1. The van der Waals surface area contributed by atoms with Crippen LogP contribution in [0.15, 0.2) is 66.7 Å². The molecule has 0 aromatic heterocycles. The molecule has 0 radical (unpaired) electrons. The summed E-state index contributed by atoms with van der Waals surface area (Å²) in [5, 5.41) is 6.22. The highest BCUT2D eigenvalue weighted by Crippen LogP contribution is 2.51. The highest BCUT2D eigenvalue weighted by atomic mass is 19.4. The van der Waals surface area contributed by atoms with Crippen LogP contribution in [0.4, 0.5) is 22.1 Å². The summed E-state index contributed by atoms with van der Waals surface area (Å²) in [7, 11) is 0. The zero-order valence-corrected chi connectivity index (χ0v) is 17.0. The quantitative estimate of drug-likeness (QED) is 0.167. The lowest BCUT2D eigenvalue weighted by molar-refractivity contribution is -0.340. The van der Waals surface area contributed by atoms with Crippen molar-refractivity contribution in [3.63, 3.8) is 0 Å². The number of benzene rings is 3. The van der Waals surface area contributed by atoms with Gasteiger partial charge in [-0.1, -0.05) is 75.7 Å². The Bertz CT molecular complexity index is 1230. The van der Waals surface area contributed by atoms with Crippen LogP contribution in [0.2, 0.25) is 0 Å². The van der Waals surface area contributed by atoms with Crippen LogP contribution in [0.3, 0.4) is 0 Å². The van der Waals surface area contributed by atoms with E-state index in [0.717, 1.165) is 24.1 Å². The minimum Gasteiger partial charge on any atom is -0.478 e. The number of hydrogen-bond acceptors (Lipinski definition) is 3. The summed E-state index contributed by atoms with van der Waals surface area (Å²) in [5.74, 6) is -15.4. The summed E-state index contributed by atoms with van der Waals surface area (Å²) in [4.78, 5) is 23.7. The number of carbonyl (C=O) groups excluding carboxylic acids is 1. The minimum atomic E-state index is -5.39. The fraction of sp³-hybridized carbons (Fsp3) is 0.167. The van der Waals surface area contributed by atoms with E-state index in [4.69, 9.17) is 5.11 Å². The van der Waals surface area contributed by atoms with Crippen molar-refractivity contribution in [2.45, 2.75) is 24.6 Å². The average Bonchev–Trinajstić information content (AvgIpc) is 3.11. The van der Waals surface area contributed by atoms with Crippen molar-refractivity contribution in [3.05, 3.63) is 94.5 Å². The molecule has 0 amide bonds. The predicted octanol–water partition coefficient (Wildman–Crippen LogP) is 5.96. The molecule has 0 spiro atoms. The number of carbonyl (C=O) groups is 2. The fourth-order valence-electron chi connectivity index (χ4n) is 4.45. The molecule has 4 rings (SSSR count). The second-order valence-electron chi connectivity index (χ2n) is 7.67. The Morgan fingerprint density at radius 2 is 1.30 bits per heavy atom. The molecule has 0 unspecified atom stereocenters. The molecule has 0 fully saturated rings. The molecule has 0 saturated carbocycles. The van der Waals surface area contributed by atoms with E-state index in [2.05, 4.69) is 0 Å². The van der Waals surface area contributed by atoms with Gasteiger partial charge in [0.1, 0.15) is 0 Å². The van der Waals surface area contributed by atoms with Crippen molar-refractivity contribution in [2.75, 3.05) is 0 Å². The number of carboxylic acids is 1. The van der Waals surface area contributed by atoms with Crippen LogP contribution in [0.25, 0.3) is 11.1 Å². The summed E-state index contributed by atoms with van der Waals surface area (Å²) in [6, 6.07) is 17.2. The lowest BCUT2D eigenvalue weighted by Gasteiger charge is -2.31. The molecule has 1 N–H and O–H groups in total. The molecule has 4 nitrogen and oxygen atoms in total. The smallest absolute Gasteiger partial charge is 0.382 e. The standard InChI is InChI=1S/C24H16F5NO3/c1-13(31)20-18(11-6-12-19(20)23(25,26)24(27,22(32)33)30(28)29)21-16-9-4-2-7-14(16)15-8-3-5-10-17(15)21/h2-12,21H,1H3,(H,32,33)/t24-/m1/s1. The molecule has 170 valence electrons. The van der Waals surface area contributed by atoms with Crippen molar-refractivity contribution in [3.8, 4) is 11.1 Å². The number of alkyl halides is 3. The molecular formula is C24H16F5NO3. The van der Waals surface area contributed by atoms with Crippen LogP contribution in [0.1, 0.15) is 45.5 Å². The van der Waals surface area contributed by atoms with Crippen LogP contribution in [0.5, 0.6) is 0 Å². The van der Waals surface area contributed by atoms with E-state index in [1.54, 1.807) is 36.4 Å². The van der Waals surface area contributed by atoms with Gasteiger partial charge in [0.25, 0.3) is 0 Å². The van der Waals surface area contributed by atoms with Crippen molar-refractivity contribution < 1.29 is 36.8 Å². The molecule has 9 heteroatoms. The van der Waals surface area contributed by atoms with E-state index >= 15 is 8.78 Å². The first-order valence-corrected chi connectivity index (χ1v) is 9.78. The monoisotopic (exact) mass is 461 g/mol. The molecule has 1 aliphatic rings. The zero-order valence-electron chi connectivity index (χ0n) is 17.0. The van der Waals surface area contributed by atoms with Crippen LogP contribution in [-0.4, -0.2) is 28.0 Å². The lowest BCUT2D eigenvalue weighted by Crippen LogP contribution is -2.56. The van der Waals surface area contributed by atoms with E-state index < -0.39 is 45.9 Å². The molecular weight excluding hydrogens is 445 g/mol. The van der Waals surface area contributed by atoms with E-state index in [9.17, 15) is 22.9 Å². The van der Waals surface area contributed by atoms with Crippen molar-refractivity contribution >= 4 is 11.8 Å². The third-order valence-corrected chi connectivity index (χ3v) is 5.86. The molecule has 3 aromatic rings. The first-order valence-electron chi connectivity index (χ1n) is 9.78. The SMILES string of the molecule is CC(=O)c1c(C2c3ccccc3-c3ccccc32)cccc1C(F)(F)[C@@](F)(C(=O)O)N(F)F. The Kier molecular flexibility index (Phi) is 5.32. The Morgan fingerprint density at radius 3 is 1.76 bits per heavy atom. The maximum atomic E-state index is 15.2. The van der Waals surface area contributed by atoms with Gasteiger partial charge < -0.3 is 5.11 Å².